The maximum atomic E-state index is 12.5. The first kappa shape index (κ1) is 15.7. The quantitative estimate of drug-likeness (QED) is 0.714. The molecule has 3 nitrogen and oxygen atoms in total. The van der Waals surface area contributed by atoms with Gasteiger partial charge in [0.25, 0.3) is 0 Å². The fraction of sp³-hybridized carbons (Fsp3) is 0.824. The van der Waals surface area contributed by atoms with Gasteiger partial charge in [-0.15, -0.1) is 0 Å². The van der Waals surface area contributed by atoms with Crippen molar-refractivity contribution in [2.24, 2.45) is 5.41 Å². The van der Waals surface area contributed by atoms with Crippen molar-refractivity contribution in [1.82, 2.24) is 0 Å². The van der Waals surface area contributed by atoms with Crippen molar-refractivity contribution < 1.29 is 14.3 Å². The van der Waals surface area contributed by atoms with Gasteiger partial charge in [0.1, 0.15) is 5.78 Å². The molecule has 1 aliphatic carbocycles. The summed E-state index contributed by atoms with van der Waals surface area (Å²) in [5.41, 5.74) is -0.416. The van der Waals surface area contributed by atoms with Crippen molar-refractivity contribution in [3.63, 3.8) is 0 Å². The molecule has 0 aromatic heterocycles. The minimum Gasteiger partial charge on any atom is -0.350 e. The maximum absolute atomic E-state index is 12.5. The third-order valence-corrected chi connectivity index (χ3v) is 4.76. The molecule has 1 saturated carbocycles. The first-order chi connectivity index (χ1) is 9.50. The first-order valence-corrected chi connectivity index (χ1v) is 7.96. The molecule has 114 valence electrons. The molecule has 0 aromatic carbocycles. The monoisotopic (exact) mass is 280 g/mol. The van der Waals surface area contributed by atoms with Crippen LogP contribution in [0.2, 0.25) is 0 Å². The van der Waals surface area contributed by atoms with E-state index in [9.17, 15) is 4.79 Å². The van der Waals surface area contributed by atoms with Crippen LogP contribution in [0.5, 0.6) is 0 Å². The minimum absolute atomic E-state index is 0.00699. The molecule has 0 amide bonds. The minimum atomic E-state index is -0.416. The number of hydrogen-bond donors (Lipinski definition) is 0. The lowest BCUT2D eigenvalue weighted by Crippen LogP contribution is -2.50. The molecule has 1 aliphatic heterocycles. The van der Waals surface area contributed by atoms with Gasteiger partial charge >= 0.3 is 0 Å². The van der Waals surface area contributed by atoms with Crippen LogP contribution in [-0.4, -0.2) is 24.3 Å². The molecule has 2 aliphatic rings. The van der Waals surface area contributed by atoms with E-state index in [1.54, 1.807) is 0 Å². The largest absolute Gasteiger partial charge is 0.350 e. The van der Waals surface area contributed by atoms with E-state index in [0.29, 0.717) is 12.2 Å². The van der Waals surface area contributed by atoms with Crippen molar-refractivity contribution in [2.75, 3.05) is 6.61 Å². The zero-order valence-electron chi connectivity index (χ0n) is 13.1. The van der Waals surface area contributed by atoms with Gasteiger partial charge < -0.3 is 9.47 Å². The van der Waals surface area contributed by atoms with Gasteiger partial charge in [-0.25, -0.2) is 0 Å². The van der Waals surface area contributed by atoms with Crippen LogP contribution in [0, 0.1) is 5.41 Å². The van der Waals surface area contributed by atoms with Crippen LogP contribution in [0.1, 0.15) is 65.7 Å². The number of ether oxygens (including phenoxy) is 2. The average molecular weight is 280 g/mol. The third kappa shape index (κ3) is 3.32. The molecule has 0 bridgehead atoms. The summed E-state index contributed by atoms with van der Waals surface area (Å²) in [6.07, 6.45) is 10.6. The zero-order chi connectivity index (χ0) is 14.6. The van der Waals surface area contributed by atoms with Crippen LogP contribution in [0.3, 0.4) is 0 Å². The molecule has 1 spiro atoms. The van der Waals surface area contributed by atoms with Gasteiger partial charge in [-0.1, -0.05) is 26.0 Å². The van der Waals surface area contributed by atoms with Crippen LogP contribution in [0.15, 0.2) is 12.2 Å². The Kier molecular flexibility index (Phi) is 5.03. The smallest absolute Gasteiger partial charge is 0.168 e. The van der Waals surface area contributed by atoms with Crippen molar-refractivity contribution in [3.05, 3.63) is 12.2 Å². The van der Waals surface area contributed by atoms with Gasteiger partial charge in [-0.3, -0.25) is 4.79 Å². The Morgan fingerprint density at radius 2 is 2.05 bits per heavy atom. The van der Waals surface area contributed by atoms with Gasteiger partial charge in [0.05, 0.1) is 12.7 Å². The Balaban J connectivity index is 1.98. The predicted octanol–water partition coefficient (Wildman–Crippen LogP) is 4.01. The number of rotatable bonds is 5. The van der Waals surface area contributed by atoms with Crippen LogP contribution in [0.4, 0.5) is 0 Å². The summed E-state index contributed by atoms with van der Waals surface area (Å²) in [5.74, 6) is -0.0836. The molecule has 3 heteroatoms. The van der Waals surface area contributed by atoms with Gasteiger partial charge in [0.2, 0.25) is 0 Å². The van der Waals surface area contributed by atoms with Crippen LogP contribution in [0.25, 0.3) is 0 Å². The lowest BCUT2D eigenvalue weighted by molar-refractivity contribution is -0.303. The van der Waals surface area contributed by atoms with Crippen LogP contribution < -0.4 is 0 Å². The molecule has 1 heterocycles. The van der Waals surface area contributed by atoms with Gasteiger partial charge in [-0.2, -0.15) is 0 Å². The molecular formula is C17H28O3. The highest BCUT2D eigenvalue weighted by atomic mass is 16.7. The van der Waals surface area contributed by atoms with Gasteiger partial charge in [0.15, 0.2) is 5.79 Å². The summed E-state index contributed by atoms with van der Waals surface area (Å²) < 4.78 is 12.2. The standard InChI is InChI=1S/C17H28O3/c1-4-5-6-9-14(18)16(2,3)15-10-13-19-17(20-15)11-7-8-12-17/h4-5,15H,6-13H2,1-3H3/b5-4+. The average Bonchev–Trinajstić information content (AvgIpc) is 2.87. The highest BCUT2D eigenvalue weighted by Gasteiger charge is 2.47. The molecule has 0 radical (unpaired) electrons. The lowest BCUT2D eigenvalue weighted by atomic mass is 9.78. The first-order valence-electron chi connectivity index (χ1n) is 7.96. The van der Waals surface area contributed by atoms with E-state index in [0.717, 1.165) is 32.3 Å². The molecule has 20 heavy (non-hydrogen) atoms. The highest BCUT2D eigenvalue weighted by Crippen LogP contribution is 2.43. The SMILES string of the molecule is C/C=C/CCC(=O)C(C)(C)C1CCOC2(CCCC2)O1. The molecule has 0 aromatic rings. The zero-order valence-corrected chi connectivity index (χ0v) is 13.1. The maximum Gasteiger partial charge on any atom is 0.168 e. The Morgan fingerprint density at radius 1 is 1.35 bits per heavy atom. The molecule has 1 unspecified atom stereocenters. The normalized spacial score (nSPS) is 26.4. The highest BCUT2D eigenvalue weighted by molar-refractivity contribution is 5.84. The van der Waals surface area contributed by atoms with E-state index in [2.05, 4.69) is 6.08 Å². The molecule has 0 N–H and O–H groups in total. The number of carbonyl (C=O) groups is 1. The molecular weight excluding hydrogens is 252 g/mol. The molecule has 2 rings (SSSR count). The summed E-state index contributed by atoms with van der Waals surface area (Å²) in [4.78, 5) is 12.5. The Morgan fingerprint density at radius 3 is 2.70 bits per heavy atom. The third-order valence-electron chi connectivity index (χ3n) is 4.76. The summed E-state index contributed by atoms with van der Waals surface area (Å²) in [7, 11) is 0. The topological polar surface area (TPSA) is 35.5 Å². The summed E-state index contributed by atoms with van der Waals surface area (Å²) in [6, 6.07) is 0. The molecule has 1 saturated heterocycles. The van der Waals surface area contributed by atoms with Crippen LogP contribution in [-0.2, 0) is 14.3 Å². The second-order valence-corrected chi connectivity index (χ2v) is 6.61. The van der Waals surface area contributed by atoms with Crippen LogP contribution >= 0.6 is 0 Å². The summed E-state index contributed by atoms with van der Waals surface area (Å²) >= 11 is 0. The van der Waals surface area contributed by atoms with Crippen molar-refractivity contribution >= 4 is 5.78 Å². The van der Waals surface area contributed by atoms with Gasteiger partial charge in [-0.05, 0) is 32.6 Å². The van der Waals surface area contributed by atoms with E-state index in [-0.39, 0.29) is 11.9 Å². The van der Waals surface area contributed by atoms with E-state index in [1.807, 2.05) is 26.8 Å². The number of ketones is 1. The number of hydrogen-bond acceptors (Lipinski definition) is 3. The number of carbonyl (C=O) groups excluding carboxylic acids is 1. The number of Topliss-reactive ketones (excluding diaryl/α,β-unsaturated/α-hetero) is 1. The van der Waals surface area contributed by atoms with E-state index < -0.39 is 5.41 Å². The van der Waals surface area contributed by atoms with Crippen molar-refractivity contribution in [2.45, 2.75) is 77.6 Å². The second kappa shape index (κ2) is 6.40. The second-order valence-electron chi connectivity index (χ2n) is 6.61. The Bertz CT molecular complexity index is 364. The van der Waals surface area contributed by atoms with E-state index >= 15 is 0 Å². The predicted molar refractivity (Wildman–Crippen MR) is 79.5 cm³/mol. The Labute approximate surface area is 122 Å². The molecule has 2 fully saturated rings. The van der Waals surface area contributed by atoms with E-state index in [1.165, 1.54) is 12.8 Å². The lowest BCUT2D eigenvalue weighted by Gasteiger charge is -2.44. The fourth-order valence-electron chi connectivity index (χ4n) is 3.27. The fourth-order valence-corrected chi connectivity index (χ4v) is 3.27. The summed E-state index contributed by atoms with van der Waals surface area (Å²) in [6.45, 7) is 6.77. The molecule has 1 atom stereocenters. The number of allylic oxidation sites excluding steroid dienone is 2. The van der Waals surface area contributed by atoms with Gasteiger partial charge in [0, 0.05) is 24.7 Å². The Hall–Kier alpha value is -0.670. The van der Waals surface area contributed by atoms with E-state index in [4.69, 9.17) is 9.47 Å². The summed E-state index contributed by atoms with van der Waals surface area (Å²) in [5, 5.41) is 0. The van der Waals surface area contributed by atoms with Crippen molar-refractivity contribution in [3.8, 4) is 0 Å². The van der Waals surface area contributed by atoms with Crippen molar-refractivity contribution in [1.29, 1.82) is 0 Å².